The second-order valence-corrected chi connectivity index (χ2v) is 5.62. The molecule has 1 aromatic rings. The first-order valence-electron chi connectivity index (χ1n) is 7.25. The SMILES string of the molecule is COc1ccc(N(C(=O)C(C)CN)C(C)C2CC2)cc1.Cl. The minimum absolute atomic E-state index is 0. The molecule has 0 heterocycles. The van der Waals surface area contributed by atoms with Gasteiger partial charge in [0.25, 0.3) is 0 Å². The highest BCUT2D eigenvalue weighted by Gasteiger charge is 2.36. The summed E-state index contributed by atoms with van der Waals surface area (Å²) in [5, 5.41) is 0. The van der Waals surface area contributed by atoms with Gasteiger partial charge in [-0.2, -0.15) is 0 Å². The lowest BCUT2D eigenvalue weighted by Crippen LogP contribution is -2.44. The first-order chi connectivity index (χ1) is 9.58. The summed E-state index contributed by atoms with van der Waals surface area (Å²) in [6.07, 6.45) is 2.41. The minimum atomic E-state index is -0.154. The van der Waals surface area contributed by atoms with Gasteiger partial charge in [-0.3, -0.25) is 4.79 Å². The van der Waals surface area contributed by atoms with E-state index in [4.69, 9.17) is 10.5 Å². The van der Waals surface area contributed by atoms with Gasteiger partial charge in [0, 0.05) is 24.2 Å². The Morgan fingerprint density at radius 3 is 2.33 bits per heavy atom. The van der Waals surface area contributed by atoms with Gasteiger partial charge in [-0.05, 0) is 49.9 Å². The molecule has 2 rings (SSSR count). The molecule has 21 heavy (non-hydrogen) atoms. The van der Waals surface area contributed by atoms with Gasteiger partial charge in [0.1, 0.15) is 5.75 Å². The van der Waals surface area contributed by atoms with E-state index in [9.17, 15) is 4.79 Å². The van der Waals surface area contributed by atoms with Gasteiger partial charge in [0.2, 0.25) is 5.91 Å². The zero-order valence-corrected chi connectivity index (χ0v) is 13.7. The Bertz CT molecular complexity index is 460. The lowest BCUT2D eigenvalue weighted by atomic mass is 10.1. The van der Waals surface area contributed by atoms with Crippen molar-refractivity contribution in [3.8, 4) is 5.75 Å². The molecule has 5 heteroatoms. The largest absolute Gasteiger partial charge is 0.497 e. The second-order valence-electron chi connectivity index (χ2n) is 5.62. The van der Waals surface area contributed by atoms with E-state index in [1.54, 1.807) is 7.11 Å². The van der Waals surface area contributed by atoms with Gasteiger partial charge >= 0.3 is 0 Å². The Morgan fingerprint density at radius 1 is 1.33 bits per heavy atom. The highest BCUT2D eigenvalue weighted by Crippen LogP contribution is 2.37. The van der Waals surface area contributed by atoms with Crippen molar-refractivity contribution in [1.82, 2.24) is 0 Å². The average Bonchev–Trinajstić information content (AvgIpc) is 3.31. The summed E-state index contributed by atoms with van der Waals surface area (Å²) in [7, 11) is 1.64. The fourth-order valence-corrected chi connectivity index (χ4v) is 2.43. The van der Waals surface area contributed by atoms with Crippen molar-refractivity contribution in [2.75, 3.05) is 18.6 Å². The Labute approximate surface area is 133 Å². The molecule has 0 aromatic heterocycles. The molecule has 1 aliphatic rings. The van der Waals surface area contributed by atoms with Crippen LogP contribution in [0.15, 0.2) is 24.3 Å². The number of hydrogen-bond donors (Lipinski definition) is 1. The lowest BCUT2D eigenvalue weighted by Gasteiger charge is -2.31. The molecular formula is C16H25ClN2O2. The van der Waals surface area contributed by atoms with Crippen molar-refractivity contribution in [3.05, 3.63) is 24.3 Å². The molecule has 1 amide bonds. The van der Waals surface area contributed by atoms with Crippen molar-refractivity contribution in [2.45, 2.75) is 32.7 Å². The third kappa shape index (κ3) is 4.11. The van der Waals surface area contributed by atoms with Crippen LogP contribution in [0.3, 0.4) is 0 Å². The predicted octanol–water partition coefficient (Wildman–Crippen LogP) is 2.84. The van der Waals surface area contributed by atoms with E-state index in [1.807, 2.05) is 36.1 Å². The Kier molecular flexibility index (Phi) is 6.49. The van der Waals surface area contributed by atoms with Gasteiger partial charge in [-0.15, -0.1) is 12.4 Å². The summed E-state index contributed by atoms with van der Waals surface area (Å²) in [4.78, 5) is 14.5. The molecule has 2 atom stereocenters. The fourth-order valence-electron chi connectivity index (χ4n) is 2.43. The van der Waals surface area contributed by atoms with Crippen LogP contribution in [-0.4, -0.2) is 25.6 Å². The summed E-state index contributed by atoms with van der Waals surface area (Å²) in [6.45, 7) is 4.39. The number of ether oxygens (including phenoxy) is 1. The van der Waals surface area contributed by atoms with Crippen molar-refractivity contribution >= 4 is 24.0 Å². The Balaban J connectivity index is 0.00000220. The van der Waals surface area contributed by atoms with Gasteiger partial charge in [-0.1, -0.05) is 6.92 Å². The maximum Gasteiger partial charge on any atom is 0.231 e. The van der Waals surface area contributed by atoms with Gasteiger partial charge in [0.15, 0.2) is 0 Å². The zero-order valence-electron chi connectivity index (χ0n) is 12.9. The molecule has 0 bridgehead atoms. The fraction of sp³-hybridized carbons (Fsp3) is 0.562. The summed E-state index contributed by atoms with van der Waals surface area (Å²) in [5.74, 6) is 1.37. The van der Waals surface area contributed by atoms with Crippen LogP contribution in [0.5, 0.6) is 5.75 Å². The molecule has 1 fully saturated rings. The molecule has 0 radical (unpaired) electrons. The number of hydrogen-bond acceptors (Lipinski definition) is 3. The van der Waals surface area contributed by atoms with Crippen molar-refractivity contribution in [1.29, 1.82) is 0 Å². The second kappa shape index (κ2) is 7.66. The number of nitrogens with zero attached hydrogens (tertiary/aromatic N) is 1. The first kappa shape index (κ1) is 17.8. The highest BCUT2D eigenvalue weighted by atomic mass is 35.5. The number of benzene rings is 1. The predicted molar refractivity (Wildman–Crippen MR) is 88.1 cm³/mol. The minimum Gasteiger partial charge on any atom is -0.497 e. The number of amides is 1. The molecule has 118 valence electrons. The van der Waals surface area contributed by atoms with E-state index >= 15 is 0 Å². The van der Waals surface area contributed by atoms with Crippen LogP contribution in [0.4, 0.5) is 5.69 Å². The van der Waals surface area contributed by atoms with E-state index in [0.29, 0.717) is 12.5 Å². The third-order valence-corrected chi connectivity index (χ3v) is 4.07. The number of halogens is 1. The van der Waals surface area contributed by atoms with E-state index in [-0.39, 0.29) is 30.3 Å². The Morgan fingerprint density at radius 2 is 1.90 bits per heavy atom. The van der Waals surface area contributed by atoms with E-state index in [1.165, 1.54) is 12.8 Å². The molecule has 0 saturated heterocycles. The van der Waals surface area contributed by atoms with E-state index in [2.05, 4.69) is 6.92 Å². The van der Waals surface area contributed by atoms with E-state index < -0.39 is 0 Å². The molecule has 2 unspecified atom stereocenters. The molecule has 1 saturated carbocycles. The number of rotatable bonds is 6. The van der Waals surface area contributed by atoms with Gasteiger partial charge in [-0.25, -0.2) is 0 Å². The lowest BCUT2D eigenvalue weighted by molar-refractivity contribution is -0.122. The third-order valence-electron chi connectivity index (χ3n) is 4.07. The van der Waals surface area contributed by atoms with Crippen LogP contribution in [0.25, 0.3) is 0 Å². The summed E-state index contributed by atoms with van der Waals surface area (Å²) >= 11 is 0. The highest BCUT2D eigenvalue weighted by molar-refractivity contribution is 5.95. The van der Waals surface area contributed by atoms with Crippen molar-refractivity contribution in [3.63, 3.8) is 0 Å². The quantitative estimate of drug-likeness (QED) is 0.878. The standard InChI is InChI=1S/C16H24N2O2.ClH/c1-11(10-17)16(19)18(12(2)13-4-5-13)14-6-8-15(20-3)9-7-14;/h6-9,11-13H,4-5,10,17H2,1-3H3;1H. The normalized spacial score (nSPS) is 16.6. The summed E-state index contributed by atoms with van der Waals surface area (Å²) in [6, 6.07) is 7.90. The van der Waals surface area contributed by atoms with Crippen LogP contribution in [-0.2, 0) is 4.79 Å². The van der Waals surface area contributed by atoms with Crippen molar-refractivity contribution in [2.24, 2.45) is 17.6 Å². The van der Waals surface area contributed by atoms with Crippen LogP contribution < -0.4 is 15.4 Å². The number of carbonyl (C=O) groups is 1. The molecular weight excluding hydrogens is 288 g/mol. The molecule has 0 aliphatic heterocycles. The number of anilines is 1. The van der Waals surface area contributed by atoms with E-state index in [0.717, 1.165) is 11.4 Å². The van der Waals surface area contributed by atoms with Crippen LogP contribution in [0.1, 0.15) is 26.7 Å². The zero-order chi connectivity index (χ0) is 14.7. The maximum atomic E-state index is 12.6. The summed E-state index contributed by atoms with van der Waals surface area (Å²) < 4.78 is 5.17. The number of carbonyl (C=O) groups excluding carboxylic acids is 1. The molecule has 2 N–H and O–H groups in total. The number of methoxy groups -OCH3 is 1. The van der Waals surface area contributed by atoms with Crippen LogP contribution in [0.2, 0.25) is 0 Å². The molecule has 0 spiro atoms. The molecule has 4 nitrogen and oxygen atoms in total. The monoisotopic (exact) mass is 312 g/mol. The van der Waals surface area contributed by atoms with Gasteiger partial charge < -0.3 is 15.4 Å². The smallest absolute Gasteiger partial charge is 0.231 e. The van der Waals surface area contributed by atoms with Crippen LogP contribution >= 0.6 is 12.4 Å². The number of nitrogens with two attached hydrogens (primary N) is 1. The maximum absolute atomic E-state index is 12.6. The molecule has 1 aliphatic carbocycles. The van der Waals surface area contributed by atoms with Crippen LogP contribution in [0, 0.1) is 11.8 Å². The van der Waals surface area contributed by atoms with Crippen molar-refractivity contribution < 1.29 is 9.53 Å². The van der Waals surface area contributed by atoms with Gasteiger partial charge in [0.05, 0.1) is 7.11 Å². The first-order valence-corrected chi connectivity index (χ1v) is 7.25. The Hall–Kier alpha value is -1.26. The topological polar surface area (TPSA) is 55.6 Å². The average molecular weight is 313 g/mol. The summed E-state index contributed by atoms with van der Waals surface area (Å²) in [5.41, 5.74) is 6.59. The molecule has 1 aromatic carbocycles.